The largest absolute Gasteiger partial charge is 0.462 e. The van der Waals surface area contributed by atoms with Crippen molar-refractivity contribution in [3.63, 3.8) is 0 Å². The van der Waals surface area contributed by atoms with Crippen molar-refractivity contribution >= 4 is 40.9 Å². The second kappa shape index (κ2) is 8.76. The first-order chi connectivity index (χ1) is 11.5. The van der Waals surface area contributed by atoms with Crippen LogP contribution in [-0.2, 0) is 9.53 Å². The molecule has 6 heteroatoms. The van der Waals surface area contributed by atoms with Gasteiger partial charge >= 0.3 is 5.97 Å². The van der Waals surface area contributed by atoms with Crippen LogP contribution in [0.3, 0.4) is 0 Å². The fraction of sp³-hybridized carbons (Fsp3) is 0.222. The van der Waals surface area contributed by atoms with Crippen LogP contribution in [-0.4, -0.2) is 24.2 Å². The first-order valence-corrected chi connectivity index (χ1v) is 8.82. The van der Waals surface area contributed by atoms with E-state index in [0.717, 1.165) is 4.90 Å². The van der Waals surface area contributed by atoms with E-state index in [4.69, 9.17) is 16.3 Å². The number of hydrogen-bond acceptors (Lipinski definition) is 4. The summed E-state index contributed by atoms with van der Waals surface area (Å²) in [6, 6.07) is 12.7. The Hall–Kier alpha value is -1.98. The van der Waals surface area contributed by atoms with Gasteiger partial charge in [0.05, 0.1) is 22.9 Å². The highest BCUT2D eigenvalue weighted by molar-refractivity contribution is 8.00. The van der Waals surface area contributed by atoms with E-state index < -0.39 is 5.97 Å². The van der Waals surface area contributed by atoms with Gasteiger partial charge in [-0.25, -0.2) is 4.79 Å². The lowest BCUT2D eigenvalue weighted by molar-refractivity contribution is -0.113. The fourth-order valence-corrected chi connectivity index (χ4v) is 2.84. The van der Waals surface area contributed by atoms with Crippen LogP contribution in [0.2, 0.25) is 5.02 Å². The van der Waals surface area contributed by atoms with Crippen LogP contribution in [0, 0.1) is 6.92 Å². The number of aryl methyl sites for hydroxylation is 1. The molecule has 1 N–H and O–H groups in total. The van der Waals surface area contributed by atoms with Crippen molar-refractivity contribution in [3.05, 3.63) is 58.6 Å². The number of amides is 1. The van der Waals surface area contributed by atoms with Crippen molar-refractivity contribution in [2.24, 2.45) is 0 Å². The molecule has 2 aromatic carbocycles. The van der Waals surface area contributed by atoms with E-state index in [1.54, 1.807) is 19.1 Å². The molecule has 0 aliphatic heterocycles. The normalized spacial score (nSPS) is 10.3. The molecule has 2 rings (SSSR count). The van der Waals surface area contributed by atoms with Gasteiger partial charge in [0.25, 0.3) is 0 Å². The van der Waals surface area contributed by atoms with Gasteiger partial charge in [-0.2, -0.15) is 0 Å². The van der Waals surface area contributed by atoms with Gasteiger partial charge in [0.2, 0.25) is 5.91 Å². The molecule has 24 heavy (non-hydrogen) atoms. The van der Waals surface area contributed by atoms with Crippen LogP contribution in [0.5, 0.6) is 0 Å². The predicted octanol–water partition coefficient (Wildman–Crippen LogP) is 4.56. The smallest absolute Gasteiger partial charge is 0.339 e. The molecule has 4 nitrogen and oxygen atoms in total. The number of hydrogen-bond donors (Lipinski definition) is 1. The van der Waals surface area contributed by atoms with E-state index in [-0.39, 0.29) is 23.8 Å². The molecule has 0 saturated carbocycles. The SMILES string of the molecule is CCOC(=O)c1cc(NC(=O)CSc2ccc(C)cc2)ccc1Cl. The van der Waals surface area contributed by atoms with Gasteiger partial charge in [-0.05, 0) is 44.2 Å². The quantitative estimate of drug-likeness (QED) is 0.604. The summed E-state index contributed by atoms with van der Waals surface area (Å²) in [5.74, 6) is -0.384. The molecule has 0 spiro atoms. The molecule has 2 aromatic rings. The first-order valence-electron chi connectivity index (χ1n) is 7.45. The van der Waals surface area contributed by atoms with Crippen molar-refractivity contribution in [2.45, 2.75) is 18.7 Å². The Kier molecular flexibility index (Phi) is 6.70. The number of benzene rings is 2. The number of esters is 1. The molecular weight excluding hydrogens is 346 g/mol. The Morgan fingerprint density at radius 2 is 1.88 bits per heavy atom. The lowest BCUT2D eigenvalue weighted by Gasteiger charge is -2.09. The predicted molar refractivity (Wildman–Crippen MR) is 97.9 cm³/mol. The van der Waals surface area contributed by atoms with Crippen molar-refractivity contribution < 1.29 is 14.3 Å². The highest BCUT2D eigenvalue weighted by Crippen LogP contribution is 2.23. The summed E-state index contributed by atoms with van der Waals surface area (Å²) in [6.45, 7) is 4.00. The molecular formula is C18H18ClNO3S. The van der Waals surface area contributed by atoms with Gasteiger partial charge in [-0.15, -0.1) is 11.8 Å². The summed E-state index contributed by atoms with van der Waals surface area (Å²) >= 11 is 7.45. The maximum Gasteiger partial charge on any atom is 0.339 e. The van der Waals surface area contributed by atoms with Crippen molar-refractivity contribution in [3.8, 4) is 0 Å². The monoisotopic (exact) mass is 363 g/mol. The minimum absolute atomic E-state index is 0.155. The van der Waals surface area contributed by atoms with E-state index in [0.29, 0.717) is 10.7 Å². The van der Waals surface area contributed by atoms with Gasteiger partial charge in [-0.1, -0.05) is 29.3 Å². The highest BCUT2D eigenvalue weighted by Gasteiger charge is 2.13. The van der Waals surface area contributed by atoms with Gasteiger partial charge in [0, 0.05) is 10.6 Å². The number of ether oxygens (including phenoxy) is 1. The minimum atomic E-state index is -0.507. The standard InChI is InChI=1S/C18H18ClNO3S/c1-3-23-18(22)15-10-13(6-9-16(15)19)20-17(21)11-24-14-7-4-12(2)5-8-14/h4-10H,3,11H2,1-2H3,(H,20,21). The number of rotatable bonds is 6. The molecule has 0 aliphatic rings. The average molecular weight is 364 g/mol. The molecule has 0 unspecified atom stereocenters. The Morgan fingerprint density at radius 3 is 2.54 bits per heavy atom. The molecule has 0 fully saturated rings. The molecule has 126 valence electrons. The Balaban J connectivity index is 1.97. The topological polar surface area (TPSA) is 55.4 Å². The molecule has 0 bridgehead atoms. The molecule has 1 amide bonds. The number of nitrogens with one attached hydrogen (secondary N) is 1. The second-order valence-electron chi connectivity index (χ2n) is 5.06. The van der Waals surface area contributed by atoms with Crippen LogP contribution in [0.15, 0.2) is 47.4 Å². The van der Waals surface area contributed by atoms with Crippen molar-refractivity contribution in [2.75, 3.05) is 17.7 Å². The zero-order chi connectivity index (χ0) is 17.5. The maximum atomic E-state index is 12.1. The third-order valence-electron chi connectivity index (χ3n) is 3.14. The molecule has 0 aliphatic carbocycles. The molecule has 0 aromatic heterocycles. The van der Waals surface area contributed by atoms with Crippen LogP contribution in [0.4, 0.5) is 5.69 Å². The number of carbonyl (C=O) groups is 2. The van der Waals surface area contributed by atoms with E-state index >= 15 is 0 Å². The molecule has 0 radical (unpaired) electrons. The minimum Gasteiger partial charge on any atom is -0.462 e. The lowest BCUT2D eigenvalue weighted by Crippen LogP contribution is -2.15. The van der Waals surface area contributed by atoms with Crippen LogP contribution < -0.4 is 5.32 Å². The van der Waals surface area contributed by atoms with Gasteiger partial charge in [0.15, 0.2) is 0 Å². The van der Waals surface area contributed by atoms with E-state index in [1.807, 2.05) is 31.2 Å². The highest BCUT2D eigenvalue weighted by atomic mass is 35.5. The second-order valence-corrected chi connectivity index (χ2v) is 6.52. The molecule has 0 atom stereocenters. The summed E-state index contributed by atoms with van der Waals surface area (Å²) in [7, 11) is 0. The van der Waals surface area contributed by atoms with E-state index in [2.05, 4.69) is 5.32 Å². The lowest BCUT2D eigenvalue weighted by atomic mass is 10.2. The van der Waals surface area contributed by atoms with Crippen molar-refractivity contribution in [1.29, 1.82) is 0 Å². The zero-order valence-electron chi connectivity index (χ0n) is 13.5. The summed E-state index contributed by atoms with van der Waals surface area (Å²) in [4.78, 5) is 24.9. The van der Waals surface area contributed by atoms with Crippen molar-refractivity contribution in [1.82, 2.24) is 0 Å². The zero-order valence-corrected chi connectivity index (χ0v) is 15.0. The maximum absolute atomic E-state index is 12.1. The Labute approximate surface area is 150 Å². The Bertz CT molecular complexity index is 732. The third-order valence-corrected chi connectivity index (χ3v) is 4.48. The Morgan fingerprint density at radius 1 is 1.17 bits per heavy atom. The average Bonchev–Trinajstić information content (AvgIpc) is 2.56. The summed E-state index contributed by atoms with van der Waals surface area (Å²) in [6.07, 6.45) is 0. The fourth-order valence-electron chi connectivity index (χ4n) is 1.95. The van der Waals surface area contributed by atoms with E-state index in [9.17, 15) is 9.59 Å². The van der Waals surface area contributed by atoms with E-state index in [1.165, 1.54) is 23.4 Å². The van der Waals surface area contributed by atoms with Crippen LogP contribution in [0.25, 0.3) is 0 Å². The third kappa shape index (κ3) is 5.28. The number of carbonyl (C=O) groups excluding carboxylic acids is 2. The summed E-state index contributed by atoms with van der Waals surface area (Å²) in [5, 5.41) is 3.05. The summed E-state index contributed by atoms with van der Waals surface area (Å²) < 4.78 is 4.94. The van der Waals surface area contributed by atoms with Crippen LogP contribution in [0.1, 0.15) is 22.8 Å². The van der Waals surface area contributed by atoms with Crippen LogP contribution >= 0.6 is 23.4 Å². The number of halogens is 1. The van der Waals surface area contributed by atoms with Gasteiger partial charge < -0.3 is 10.1 Å². The molecule has 0 heterocycles. The van der Waals surface area contributed by atoms with Gasteiger partial charge in [-0.3, -0.25) is 4.79 Å². The summed E-state index contributed by atoms with van der Waals surface area (Å²) in [5.41, 5.74) is 1.93. The number of anilines is 1. The first kappa shape index (κ1) is 18.4. The van der Waals surface area contributed by atoms with Gasteiger partial charge in [0.1, 0.15) is 0 Å². The number of thioether (sulfide) groups is 1. The molecule has 0 saturated heterocycles.